The number of hydrogen-bond donors (Lipinski definition) is 1. The van der Waals surface area contributed by atoms with Crippen molar-refractivity contribution in [2.45, 2.75) is 6.54 Å². The van der Waals surface area contributed by atoms with Crippen molar-refractivity contribution in [2.75, 3.05) is 0 Å². The number of rotatable bonds is 2. The summed E-state index contributed by atoms with van der Waals surface area (Å²) in [5.74, 6) is -0.265. The van der Waals surface area contributed by atoms with Crippen LogP contribution >= 0.6 is 0 Å². The fourth-order valence-electron chi connectivity index (χ4n) is 2.63. The molecule has 0 radical (unpaired) electrons. The summed E-state index contributed by atoms with van der Waals surface area (Å²) in [6.07, 6.45) is 1.63. The molecule has 2 heterocycles. The van der Waals surface area contributed by atoms with Gasteiger partial charge in [0.1, 0.15) is 11.5 Å². The van der Waals surface area contributed by atoms with Gasteiger partial charge in [-0.25, -0.2) is 9.37 Å². The minimum atomic E-state index is -0.265. The number of pyridine rings is 1. The topological polar surface area (TPSA) is 50.7 Å². The largest absolute Gasteiger partial charge is 0.339 e. The second kappa shape index (κ2) is 4.80. The fraction of sp³-hybridized carbons (Fsp3) is 0.0588. The molecular weight excluding hydrogens is 281 g/mol. The van der Waals surface area contributed by atoms with Gasteiger partial charge in [0, 0.05) is 5.39 Å². The van der Waals surface area contributed by atoms with E-state index in [1.54, 1.807) is 24.5 Å². The summed E-state index contributed by atoms with van der Waals surface area (Å²) in [6.45, 7) is 0.519. The van der Waals surface area contributed by atoms with Crippen molar-refractivity contribution in [2.24, 2.45) is 0 Å². The van der Waals surface area contributed by atoms with E-state index in [1.165, 1.54) is 12.1 Å². The number of H-pyrrole nitrogens is 1. The first kappa shape index (κ1) is 12.8. The first-order chi connectivity index (χ1) is 10.7. The highest BCUT2D eigenvalue weighted by Gasteiger charge is 2.10. The van der Waals surface area contributed by atoms with Gasteiger partial charge >= 0.3 is 0 Å². The van der Waals surface area contributed by atoms with Crippen molar-refractivity contribution in [1.82, 2.24) is 14.5 Å². The maximum atomic E-state index is 13.0. The third kappa shape index (κ3) is 1.98. The number of para-hydroxylation sites is 1. The first-order valence-electron chi connectivity index (χ1n) is 6.93. The van der Waals surface area contributed by atoms with Crippen molar-refractivity contribution < 1.29 is 4.39 Å². The molecule has 5 heteroatoms. The van der Waals surface area contributed by atoms with E-state index in [0.717, 1.165) is 11.1 Å². The van der Waals surface area contributed by atoms with E-state index in [9.17, 15) is 9.18 Å². The number of nitrogens with zero attached hydrogens (tertiary/aromatic N) is 2. The Hall–Kier alpha value is -2.95. The van der Waals surface area contributed by atoms with Gasteiger partial charge in [-0.15, -0.1) is 0 Å². The Morgan fingerprint density at radius 1 is 1.09 bits per heavy atom. The zero-order valence-electron chi connectivity index (χ0n) is 11.6. The van der Waals surface area contributed by atoms with Crippen LogP contribution in [-0.4, -0.2) is 14.5 Å². The molecule has 0 aliphatic carbocycles. The van der Waals surface area contributed by atoms with E-state index in [4.69, 9.17) is 0 Å². The van der Waals surface area contributed by atoms with Gasteiger partial charge in [-0.05, 0) is 29.8 Å². The quantitative estimate of drug-likeness (QED) is 0.617. The minimum absolute atomic E-state index is 0.0813. The Bertz CT molecular complexity index is 1030. The molecule has 22 heavy (non-hydrogen) atoms. The van der Waals surface area contributed by atoms with Crippen LogP contribution in [0, 0.1) is 5.82 Å². The lowest BCUT2D eigenvalue weighted by molar-refractivity contribution is 0.626. The van der Waals surface area contributed by atoms with E-state index < -0.39 is 0 Å². The fourth-order valence-corrected chi connectivity index (χ4v) is 2.63. The van der Waals surface area contributed by atoms with Gasteiger partial charge in [-0.1, -0.05) is 24.3 Å². The second-order valence-electron chi connectivity index (χ2n) is 5.20. The molecule has 0 saturated heterocycles. The number of imidazole rings is 1. The summed E-state index contributed by atoms with van der Waals surface area (Å²) >= 11 is 0. The Balaban J connectivity index is 1.88. The number of halogens is 1. The van der Waals surface area contributed by atoms with Crippen LogP contribution in [0.5, 0.6) is 0 Å². The normalized spacial score (nSPS) is 11.3. The van der Waals surface area contributed by atoms with E-state index in [1.807, 2.05) is 22.8 Å². The lowest BCUT2D eigenvalue weighted by Gasteiger charge is -2.05. The van der Waals surface area contributed by atoms with Gasteiger partial charge in [0.2, 0.25) is 5.43 Å². The van der Waals surface area contributed by atoms with Gasteiger partial charge in [-0.3, -0.25) is 4.79 Å². The predicted molar refractivity (Wildman–Crippen MR) is 83.4 cm³/mol. The van der Waals surface area contributed by atoms with Crippen molar-refractivity contribution in [3.8, 4) is 0 Å². The molecule has 4 aromatic rings. The molecule has 0 bridgehead atoms. The first-order valence-corrected chi connectivity index (χ1v) is 6.93. The van der Waals surface area contributed by atoms with E-state index in [-0.39, 0.29) is 11.2 Å². The van der Waals surface area contributed by atoms with Crippen LogP contribution in [0.3, 0.4) is 0 Å². The van der Waals surface area contributed by atoms with Crippen LogP contribution in [0.15, 0.2) is 59.7 Å². The summed E-state index contributed by atoms with van der Waals surface area (Å²) < 4.78 is 14.8. The van der Waals surface area contributed by atoms with Crippen molar-refractivity contribution in [3.63, 3.8) is 0 Å². The highest BCUT2D eigenvalue weighted by molar-refractivity contribution is 5.89. The SMILES string of the molecule is O=c1c2ccccc2[nH]c2c1ncn2Cc1ccc(F)cc1. The summed E-state index contributed by atoms with van der Waals surface area (Å²) in [6, 6.07) is 13.7. The molecule has 2 aromatic carbocycles. The number of aromatic amines is 1. The molecule has 0 saturated carbocycles. The van der Waals surface area contributed by atoms with Crippen LogP contribution < -0.4 is 5.43 Å². The average Bonchev–Trinajstić information content (AvgIpc) is 2.93. The highest BCUT2D eigenvalue weighted by Crippen LogP contribution is 2.15. The van der Waals surface area contributed by atoms with E-state index >= 15 is 0 Å². The minimum Gasteiger partial charge on any atom is -0.339 e. The van der Waals surface area contributed by atoms with Gasteiger partial charge in [0.15, 0.2) is 5.52 Å². The Kier molecular flexibility index (Phi) is 2.79. The number of benzene rings is 2. The van der Waals surface area contributed by atoms with Crippen molar-refractivity contribution >= 4 is 22.1 Å². The smallest absolute Gasteiger partial charge is 0.217 e. The lowest BCUT2D eigenvalue weighted by Crippen LogP contribution is -2.06. The highest BCUT2D eigenvalue weighted by atomic mass is 19.1. The maximum Gasteiger partial charge on any atom is 0.217 e. The van der Waals surface area contributed by atoms with Gasteiger partial charge in [0.25, 0.3) is 0 Å². The molecule has 0 amide bonds. The summed E-state index contributed by atoms with van der Waals surface area (Å²) in [5.41, 5.74) is 2.73. The number of hydrogen-bond acceptors (Lipinski definition) is 2. The number of aromatic nitrogens is 3. The Morgan fingerprint density at radius 3 is 2.68 bits per heavy atom. The second-order valence-corrected chi connectivity index (χ2v) is 5.20. The molecule has 0 spiro atoms. The average molecular weight is 293 g/mol. The molecule has 4 nitrogen and oxygen atoms in total. The van der Waals surface area contributed by atoms with Crippen LogP contribution in [0.4, 0.5) is 4.39 Å². The van der Waals surface area contributed by atoms with Crippen molar-refractivity contribution in [3.05, 3.63) is 76.5 Å². The molecule has 0 fully saturated rings. The molecule has 108 valence electrons. The summed E-state index contributed by atoms with van der Waals surface area (Å²) in [7, 11) is 0. The van der Waals surface area contributed by atoms with Crippen LogP contribution in [0.25, 0.3) is 22.1 Å². The summed E-state index contributed by atoms with van der Waals surface area (Å²) in [5, 5.41) is 0.627. The Labute approximate surface area is 124 Å². The molecule has 1 N–H and O–H groups in total. The third-order valence-electron chi connectivity index (χ3n) is 3.74. The van der Waals surface area contributed by atoms with Gasteiger partial charge < -0.3 is 9.55 Å². The zero-order valence-corrected chi connectivity index (χ0v) is 11.6. The monoisotopic (exact) mass is 293 g/mol. The van der Waals surface area contributed by atoms with Crippen LogP contribution in [-0.2, 0) is 6.54 Å². The third-order valence-corrected chi connectivity index (χ3v) is 3.74. The number of nitrogens with one attached hydrogen (secondary N) is 1. The van der Waals surface area contributed by atoms with Gasteiger partial charge in [-0.2, -0.15) is 0 Å². The Morgan fingerprint density at radius 2 is 1.86 bits per heavy atom. The zero-order chi connectivity index (χ0) is 15.1. The number of fused-ring (bicyclic) bond motifs is 2. The van der Waals surface area contributed by atoms with E-state index in [0.29, 0.717) is 23.1 Å². The summed E-state index contributed by atoms with van der Waals surface area (Å²) in [4.78, 5) is 19.9. The van der Waals surface area contributed by atoms with Crippen molar-refractivity contribution in [1.29, 1.82) is 0 Å². The molecular formula is C17H12FN3O. The molecule has 0 aliphatic heterocycles. The molecule has 0 atom stereocenters. The van der Waals surface area contributed by atoms with Gasteiger partial charge in [0.05, 0.1) is 18.4 Å². The standard InChI is InChI=1S/C17H12FN3O/c18-12-7-5-11(6-8-12)9-21-10-19-15-16(22)13-3-1-2-4-14(13)20-17(15)21/h1-8,10H,9H2,(H,20,22). The molecule has 0 aliphatic rings. The van der Waals surface area contributed by atoms with Crippen LogP contribution in [0.2, 0.25) is 0 Å². The molecule has 0 unspecified atom stereocenters. The maximum absolute atomic E-state index is 13.0. The van der Waals surface area contributed by atoms with Crippen LogP contribution in [0.1, 0.15) is 5.56 Å². The molecule has 2 aromatic heterocycles. The lowest BCUT2D eigenvalue weighted by atomic mass is 10.2. The molecule has 4 rings (SSSR count). The van der Waals surface area contributed by atoms with E-state index in [2.05, 4.69) is 9.97 Å². The predicted octanol–water partition coefficient (Wildman–Crippen LogP) is 3.07.